The smallest absolute Gasteiger partial charge is 0.239 e. The molecule has 1 aliphatic rings. The van der Waals surface area contributed by atoms with Gasteiger partial charge in [0.2, 0.25) is 5.91 Å². The molecule has 20 heavy (non-hydrogen) atoms. The van der Waals surface area contributed by atoms with Gasteiger partial charge in [0, 0.05) is 16.0 Å². The number of nitrogens with two attached hydrogens (primary N) is 1. The molecule has 2 atom stereocenters. The zero-order chi connectivity index (χ0) is 14.7. The molecular weight excluding hydrogens is 279 g/mol. The molecule has 1 saturated carbocycles. The zero-order valence-corrected chi connectivity index (χ0v) is 12.2. The zero-order valence-electron chi connectivity index (χ0n) is 11.4. The lowest BCUT2D eigenvalue weighted by atomic mass is 10.2. The highest BCUT2D eigenvalue weighted by Crippen LogP contribution is 2.26. The maximum absolute atomic E-state index is 12.9. The molecule has 1 aromatic carbocycles. The number of rotatable bonds is 4. The lowest BCUT2D eigenvalue weighted by Gasteiger charge is -2.17. The van der Waals surface area contributed by atoms with Crippen molar-refractivity contribution in [3.8, 4) is 0 Å². The van der Waals surface area contributed by atoms with E-state index in [0.717, 1.165) is 31.7 Å². The molecule has 3 N–H and O–H groups in total. The standard InChI is InChI=1S/C14H19FN2O2S/c1-9(20(19)11-4-2-3-5-11)14(18)17-13-7-6-10(15)8-12(13)16/h6-9,11H,2-5,16H2,1H3,(H,17,18). The van der Waals surface area contributed by atoms with E-state index in [-0.39, 0.29) is 16.8 Å². The summed E-state index contributed by atoms with van der Waals surface area (Å²) in [5.74, 6) is -0.795. The summed E-state index contributed by atoms with van der Waals surface area (Å²) in [7, 11) is -1.18. The Bertz CT molecular complexity index is 530. The van der Waals surface area contributed by atoms with Gasteiger partial charge < -0.3 is 11.1 Å². The third kappa shape index (κ3) is 3.36. The second-order valence-corrected chi connectivity index (χ2v) is 7.13. The molecule has 1 fully saturated rings. The minimum atomic E-state index is -1.18. The number of nitrogens with one attached hydrogen (secondary N) is 1. The summed E-state index contributed by atoms with van der Waals surface area (Å²) in [5.41, 5.74) is 6.15. The Labute approximate surface area is 120 Å². The first-order valence-electron chi connectivity index (χ1n) is 6.74. The van der Waals surface area contributed by atoms with Crippen LogP contribution in [0.4, 0.5) is 15.8 Å². The van der Waals surface area contributed by atoms with Crippen LogP contribution < -0.4 is 11.1 Å². The van der Waals surface area contributed by atoms with E-state index in [9.17, 15) is 13.4 Å². The van der Waals surface area contributed by atoms with E-state index in [1.165, 1.54) is 12.1 Å². The Morgan fingerprint density at radius 3 is 2.70 bits per heavy atom. The van der Waals surface area contributed by atoms with Gasteiger partial charge in [-0.1, -0.05) is 12.8 Å². The predicted octanol–water partition coefficient (Wildman–Crippen LogP) is 2.43. The first kappa shape index (κ1) is 15.0. The molecule has 0 heterocycles. The minimum absolute atomic E-state index is 0.112. The van der Waals surface area contributed by atoms with Gasteiger partial charge in [-0.25, -0.2) is 4.39 Å². The molecule has 0 saturated heterocycles. The van der Waals surface area contributed by atoms with Crippen molar-refractivity contribution in [2.45, 2.75) is 43.1 Å². The predicted molar refractivity (Wildman–Crippen MR) is 79.3 cm³/mol. The van der Waals surface area contributed by atoms with Gasteiger partial charge in [0.05, 0.1) is 11.4 Å². The van der Waals surface area contributed by atoms with Gasteiger partial charge in [0.15, 0.2) is 0 Å². The van der Waals surface area contributed by atoms with Gasteiger partial charge in [-0.2, -0.15) is 0 Å². The summed E-state index contributed by atoms with van der Waals surface area (Å²) in [6.07, 6.45) is 4.00. The van der Waals surface area contributed by atoms with Crippen molar-refractivity contribution < 1.29 is 13.4 Å². The highest BCUT2D eigenvalue weighted by Gasteiger charge is 2.29. The summed E-state index contributed by atoms with van der Waals surface area (Å²) in [6.45, 7) is 1.66. The summed E-state index contributed by atoms with van der Waals surface area (Å²) in [5, 5.41) is 2.14. The Balaban J connectivity index is 2.01. The largest absolute Gasteiger partial charge is 0.397 e. The van der Waals surface area contributed by atoms with Crippen LogP contribution in [0.5, 0.6) is 0 Å². The molecule has 1 amide bonds. The molecule has 1 aromatic rings. The number of carbonyl (C=O) groups is 1. The molecule has 0 aromatic heterocycles. The molecule has 0 aliphatic heterocycles. The molecule has 4 nitrogen and oxygen atoms in total. The summed E-state index contributed by atoms with van der Waals surface area (Å²) >= 11 is 0. The molecule has 0 bridgehead atoms. The molecule has 6 heteroatoms. The molecule has 0 radical (unpaired) electrons. The van der Waals surface area contributed by atoms with Crippen molar-refractivity contribution in [1.29, 1.82) is 0 Å². The molecule has 0 spiro atoms. The van der Waals surface area contributed by atoms with E-state index >= 15 is 0 Å². The summed E-state index contributed by atoms with van der Waals surface area (Å²) < 4.78 is 25.2. The maximum atomic E-state index is 12.9. The van der Waals surface area contributed by atoms with E-state index in [4.69, 9.17) is 5.73 Å². The number of hydrogen-bond acceptors (Lipinski definition) is 3. The number of amides is 1. The molecular formula is C14H19FN2O2S. The van der Waals surface area contributed by atoms with Gasteiger partial charge in [-0.15, -0.1) is 0 Å². The SMILES string of the molecule is CC(C(=O)Nc1ccc(F)cc1N)S(=O)C1CCCC1. The molecule has 2 rings (SSSR count). The van der Waals surface area contributed by atoms with Crippen molar-refractivity contribution in [3.63, 3.8) is 0 Å². The van der Waals surface area contributed by atoms with Gasteiger partial charge in [0.1, 0.15) is 11.1 Å². The van der Waals surface area contributed by atoms with E-state index in [0.29, 0.717) is 5.69 Å². The Morgan fingerprint density at radius 2 is 2.10 bits per heavy atom. The highest BCUT2D eigenvalue weighted by atomic mass is 32.2. The highest BCUT2D eigenvalue weighted by molar-refractivity contribution is 7.87. The van der Waals surface area contributed by atoms with E-state index in [1.54, 1.807) is 6.92 Å². The minimum Gasteiger partial charge on any atom is -0.397 e. The number of carbonyl (C=O) groups excluding carboxylic acids is 1. The number of hydrogen-bond donors (Lipinski definition) is 2. The number of anilines is 2. The van der Waals surface area contributed by atoms with Crippen molar-refractivity contribution >= 4 is 28.1 Å². The summed E-state index contributed by atoms with van der Waals surface area (Å²) in [6, 6.07) is 3.78. The van der Waals surface area contributed by atoms with Crippen LogP contribution >= 0.6 is 0 Å². The Morgan fingerprint density at radius 1 is 1.45 bits per heavy atom. The monoisotopic (exact) mass is 298 g/mol. The van der Waals surface area contributed by atoms with E-state index < -0.39 is 21.9 Å². The van der Waals surface area contributed by atoms with Crippen LogP contribution in [0, 0.1) is 5.82 Å². The van der Waals surface area contributed by atoms with Crippen LogP contribution in [0.15, 0.2) is 18.2 Å². The fourth-order valence-corrected chi connectivity index (χ4v) is 4.04. The fraction of sp³-hybridized carbons (Fsp3) is 0.500. The van der Waals surface area contributed by atoms with Gasteiger partial charge in [-0.05, 0) is 38.0 Å². The van der Waals surface area contributed by atoms with Crippen molar-refractivity contribution in [1.82, 2.24) is 0 Å². The van der Waals surface area contributed by atoms with Crippen molar-refractivity contribution in [3.05, 3.63) is 24.0 Å². The molecule has 110 valence electrons. The lowest BCUT2D eigenvalue weighted by molar-refractivity contribution is -0.115. The second kappa shape index (κ2) is 6.35. The number of nitrogen functional groups attached to an aromatic ring is 1. The fourth-order valence-electron chi connectivity index (χ4n) is 2.40. The van der Waals surface area contributed by atoms with Gasteiger partial charge in [-0.3, -0.25) is 9.00 Å². The lowest BCUT2D eigenvalue weighted by Crippen LogP contribution is -2.33. The van der Waals surface area contributed by atoms with Crippen LogP contribution in [-0.4, -0.2) is 20.6 Å². The van der Waals surface area contributed by atoms with Crippen molar-refractivity contribution in [2.75, 3.05) is 11.1 Å². The Hall–Kier alpha value is -1.43. The number of benzene rings is 1. The third-order valence-electron chi connectivity index (χ3n) is 3.62. The van der Waals surface area contributed by atoms with E-state index in [1.807, 2.05) is 0 Å². The average Bonchev–Trinajstić information content (AvgIpc) is 2.94. The van der Waals surface area contributed by atoms with Crippen LogP contribution in [0.1, 0.15) is 32.6 Å². The van der Waals surface area contributed by atoms with Gasteiger partial charge >= 0.3 is 0 Å². The van der Waals surface area contributed by atoms with Gasteiger partial charge in [0.25, 0.3) is 0 Å². The maximum Gasteiger partial charge on any atom is 0.239 e. The Kier molecular flexibility index (Phi) is 4.75. The first-order valence-corrected chi connectivity index (χ1v) is 8.02. The quantitative estimate of drug-likeness (QED) is 0.839. The molecule has 1 aliphatic carbocycles. The van der Waals surface area contributed by atoms with E-state index in [2.05, 4.69) is 5.32 Å². The van der Waals surface area contributed by atoms with Crippen LogP contribution in [0.3, 0.4) is 0 Å². The second-order valence-electron chi connectivity index (χ2n) is 5.10. The van der Waals surface area contributed by atoms with Crippen LogP contribution in [0.2, 0.25) is 0 Å². The third-order valence-corrected chi connectivity index (χ3v) is 5.66. The molecule has 2 unspecified atom stereocenters. The average molecular weight is 298 g/mol. The number of halogens is 1. The topological polar surface area (TPSA) is 72.2 Å². The van der Waals surface area contributed by atoms with Crippen LogP contribution in [0.25, 0.3) is 0 Å². The summed E-state index contributed by atoms with van der Waals surface area (Å²) in [4.78, 5) is 12.1. The van der Waals surface area contributed by atoms with Crippen molar-refractivity contribution in [2.24, 2.45) is 0 Å². The van der Waals surface area contributed by atoms with Crippen LogP contribution in [-0.2, 0) is 15.6 Å². The normalized spacial score (nSPS) is 18.7. The first-order chi connectivity index (χ1) is 9.49.